The zero-order valence-corrected chi connectivity index (χ0v) is 10.0. The van der Waals surface area contributed by atoms with Crippen LogP contribution in [0.2, 0.25) is 5.15 Å². The van der Waals surface area contributed by atoms with Gasteiger partial charge in [-0.15, -0.1) is 0 Å². The summed E-state index contributed by atoms with van der Waals surface area (Å²) in [4.78, 5) is 31.3. The van der Waals surface area contributed by atoms with Crippen molar-refractivity contribution < 1.29 is 14.7 Å². The molecule has 0 fully saturated rings. The van der Waals surface area contributed by atoms with Crippen molar-refractivity contribution >= 4 is 23.5 Å². The minimum absolute atomic E-state index is 0.0871. The van der Waals surface area contributed by atoms with Gasteiger partial charge in [-0.25, -0.2) is 9.97 Å². The largest absolute Gasteiger partial charge is 0.480 e. The Labute approximate surface area is 103 Å². The predicted molar refractivity (Wildman–Crippen MR) is 60.9 cm³/mol. The number of carboxylic acid groups (broad SMARTS) is 1. The van der Waals surface area contributed by atoms with Gasteiger partial charge in [-0.3, -0.25) is 9.59 Å². The van der Waals surface area contributed by atoms with Crippen LogP contribution in [0.1, 0.15) is 23.8 Å². The van der Waals surface area contributed by atoms with Gasteiger partial charge in [-0.2, -0.15) is 0 Å². The number of carbonyl (C=O) groups is 2. The standard InChI is InChI=1S/C10H12ClN3O3/c1-2-3-14(6-9(15)16)10(17)7-4-13-8(11)5-12-7/h4-5H,2-3,6H2,1H3,(H,15,16). The molecule has 92 valence electrons. The fraction of sp³-hybridized carbons (Fsp3) is 0.400. The van der Waals surface area contributed by atoms with Crippen LogP contribution in [0.15, 0.2) is 12.4 Å². The van der Waals surface area contributed by atoms with Crippen LogP contribution >= 0.6 is 11.6 Å². The van der Waals surface area contributed by atoms with Crippen molar-refractivity contribution in [3.8, 4) is 0 Å². The van der Waals surface area contributed by atoms with Gasteiger partial charge in [0, 0.05) is 6.54 Å². The molecule has 1 heterocycles. The molecule has 0 aromatic carbocycles. The van der Waals surface area contributed by atoms with E-state index in [4.69, 9.17) is 16.7 Å². The van der Waals surface area contributed by atoms with E-state index in [1.165, 1.54) is 17.3 Å². The van der Waals surface area contributed by atoms with Crippen LogP contribution in [0.4, 0.5) is 0 Å². The first-order chi connectivity index (χ1) is 8.04. The molecule has 7 heteroatoms. The molecule has 1 amide bonds. The molecule has 1 aromatic heterocycles. The average molecular weight is 258 g/mol. The Morgan fingerprint density at radius 3 is 2.59 bits per heavy atom. The third-order valence-electron chi connectivity index (χ3n) is 1.95. The van der Waals surface area contributed by atoms with Gasteiger partial charge in [-0.1, -0.05) is 18.5 Å². The Hall–Kier alpha value is -1.69. The number of hydrogen-bond acceptors (Lipinski definition) is 4. The van der Waals surface area contributed by atoms with Gasteiger partial charge < -0.3 is 10.0 Å². The maximum Gasteiger partial charge on any atom is 0.323 e. The SMILES string of the molecule is CCCN(CC(=O)O)C(=O)c1cnc(Cl)cn1. The summed E-state index contributed by atoms with van der Waals surface area (Å²) >= 11 is 5.55. The summed E-state index contributed by atoms with van der Waals surface area (Å²) in [6.45, 7) is 1.86. The van der Waals surface area contributed by atoms with Gasteiger partial charge in [-0.05, 0) is 6.42 Å². The summed E-state index contributed by atoms with van der Waals surface area (Å²) in [5.41, 5.74) is 0.0871. The lowest BCUT2D eigenvalue weighted by Gasteiger charge is -2.18. The Bertz CT molecular complexity index is 408. The van der Waals surface area contributed by atoms with E-state index < -0.39 is 11.9 Å². The third-order valence-corrected chi connectivity index (χ3v) is 2.14. The number of amides is 1. The fourth-order valence-electron chi connectivity index (χ4n) is 1.27. The molecule has 0 radical (unpaired) electrons. The van der Waals surface area contributed by atoms with Crippen molar-refractivity contribution in [1.29, 1.82) is 0 Å². The zero-order chi connectivity index (χ0) is 12.8. The zero-order valence-electron chi connectivity index (χ0n) is 9.26. The Kier molecular flexibility index (Phi) is 4.84. The lowest BCUT2D eigenvalue weighted by molar-refractivity contribution is -0.137. The molecule has 0 bridgehead atoms. The Morgan fingerprint density at radius 1 is 1.41 bits per heavy atom. The number of hydrogen-bond donors (Lipinski definition) is 1. The maximum atomic E-state index is 11.9. The molecule has 0 aliphatic carbocycles. The van der Waals surface area contributed by atoms with E-state index >= 15 is 0 Å². The van der Waals surface area contributed by atoms with E-state index in [9.17, 15) is 9.59 Å². The lowest BCUT2D eigenvalue weighted by Crippen LogP contribution is -2.36. The second-order valence-corrected chi connectivity index (χ2v) is 3.73. The summed E-state index contributed by atoms with van der Waals surface area (Å²) < 4.78 is 0. The van der Waals surface area contributed by atoms with Gasteiger partial charge in [0.25, 0.3) is 5.91 Å². The molecule has 1 aromatic rings. The second kappa shape index (κ2) is 6.15. The fourth-order valence-corrected chi connectivity index (χ4v) is 1.37. The molecule has 0 unspecified atom stereocenters. The number of nitrogens with zero attached hydrogens (tertiary/aromatic N) is 3. The molecular formula is C10H12ClN3O3. The van der Waals surface area contributed by atoms with E-state index in [2.05, 4.69) is 9.97 Å². The first-order valence-corrected chi connectivity index (χ1v) is 5.41. The number of aromatic nitrogens is 2. The highest BCUT2D eigenvalue weighted by atomic mass is 35.5. The molecule has 1 rings (SSSR count). The highest BCUT2D eigenvalue weighted by Crippen LogP contribution is 2.05. The topological polar surface area (TPSA) is 83.4 Å². The van der Waals surface area contributed by atoms with E-state index in [-0.39, 0.29) is 17.4 Å². The molecule has 0 saturated carbocycles. The van der Waals surface area contributed by atoms with Crippen molar-refractivity contribution in [2.45, 2.75) is 13.3 Å². The molecule has 0 aliphatic rings. The van der Waals surface area contributed by atoms with Crippen molar-refractivity contribution in [2.75, 3.05) is 13.1 Å². The minimum atomic E-state index is -1.06. The molecule has 0 aliphatic heterocycles. The van der Waals surface area contributed by atoms with Crippen LogP contribution in [0, 0.1) is 0 Å². The maximum absolute atomic E-state index is 11.9. The highest BCUT2D eigenvalue weighted by Gasteiger charge is 2.19. The summed E-state index contributed by atoms with van der Waals surface area (Å²) in [6.07, 6.45) is 3.15. The number of rotatable bonds is 5. The third kappa shape index (κ3) is 3.99. The van der Waals surface area contributed by atoms with Gasteiger partial charge in [0.05, 0.1) is 12.4 Å². The number of carboxylic acids is 1. The van der Waals surface area contributed by atoms with Crippen molar-refractivity contribution in [2.24, 2.45) is 0 Å². The Morgan fingerprint density at radius 2 is 2.12 bits per heavy atom. The van der Waals surface area contributed by atoms with Gasteiger partial charge in [0.2, 0.25) is 0 Å². The summed E-state index contributed by atoms with van der Waals surface area (Å²) in [6, 6.07) is 0. The lowest BCUT2D eigenvalue weighted by atomic mass is 10.3. The Balaban J connectivity index is 2.83. The van der Waals surface area contributed by atoms with Crippen molar-refractivity contribution in [3.05, 3.63) is 23.2 Å². The molecule has 0 atom stereocenters. The van der Waals surface area contributed by atoms with Crippen LogP contribution in [0.3, 0.4) is 0 Å². The van der Waals surface area contributed by atoms with E-state index in [0.717, 1.165) is 0 Å². The first kappa shape index (κ1) is 13.4. The van der Waals surface area contributed by atoms with E-state index in [1.54, 1.807) is 0 Å². The average Bonchev–Trinajstić information content (AvgIpc) is 2.28. The second-order valence-electron chi connectivity index (χ2n) is 3.34. The van der Waals surface area contributed by atoms with Crippen LogP contribution < -0.4 is 0 Å². The normalized spacial score (nSPS) is 10.0. The number of aliphatic carboxylic acids is 1. The van der Waals surface area contributed by atoms with Crippen LogP contribution in [0.25, 0.3) is 0 Å². The van der Waals surface area contributed by atoms with E-state index in [0.29, 0.717) is 13.0 Å². The monoisotopic (exact) mass is 257 g/mol. The van der Waals surface area contributed by atoms with Crippen LogP contribution in [0.5, 0.6) is 0 Å². The summed E-state index contributed by atoms with van der Waals surface area (Å²) in [5, 5.41) is 8.88. The van der Waals surface area contributed by atoms with Crippen molar-refractivity contribution in [3.63, 3.8) is 0 Å². The molecule has 0 spiro atoms. The number of carbonyl (C=O) groups excluding carboxylic acids is 1. The minimum Gasteiger partial charge on any atom is -0.480 e. The van der Waals surface area contributed by atoms with Gasteiger partial charge in [0.1, 0.15) is 17.4 Å². The van der Waals surface area contributed by atoms with Crippen molar-refractivity contribution in [1.82, 2.24) is 14.9 Å². The molecule has 0 saturated heterocycles. The summed E-state index contributed by atoms with van der Waals surface area (Å²) in [7, 11) is 0. The van der Waals surface area contributed by atoms with Crippen LogP contribution in [-0.4, -0.2) is 44.9 Å². The van der Waals surface area contributed by atoms with Gasteiger partial charge >= 0.3 is 5.97 Å². The van der Waals surface area contributed by atoms with Gasteiger partial charge in [0.15, 0.2) is 0 Å². The smallest absolute Gasteiger partial charge is 0.323 e. The summed E-state index contributed by atoms with van der Waals surface area (Å²) in [5.74, 6) is -1.52. The number of halogens is 1. The molecule has 17 heavy (non-hydrogen) atoms. The quantitative estimate of drug-likeness (QED) is 0.853. The van der Waals surface area contributed by atoms with E-state index in [1.807, 2.05) is 6.92 Å². The highest BCUT2D eigenvalue weighted by molar-refractivity contribution is 6.29. The first-order valence-electron chi connectivity index (χ1n) is 5.03. The molecular weight excluding hydrogens is 246 g/mol. The molecule has 6 nitrogen and oxygen atoms in total. The molecule has 1 N–H and O–H groups in total. The predicted octanol–water partition coefficient (Wildman–Crippen LogP) is 1.07. The van der Waals surface area contributed by atoms with Crippen LogP contribution in [-0.2, 0) is 4.79 Å².